The van der Waals surface area contributed by atoms with Crippen molar-refractivity contribution < 1.29 is 81.7 Å². The number of hydrogen-bond donors (Lipinski definition) is 12. The van der Waals surface area contributed by atoms with Gasteiger partial charge in [-0.15, -0.1) is 6.58 Å². The molecule has 0 saturated heterocycles. The highest BCUT2D eigenvalue weighted by Gasteiger charge is 2.39. The number of nitrogens with zero attached hydrogens (tertiary/aromatic N) is 1. The van der Waals surface area contributed by atoms with E-state index in [2.05, 4.69) is 69.8 Å². The maximum atomic E-state index is 14.7. The van der Waals surface area contributed by atoms with E-state index in [0.29, 0.717) is 31.4 Å². The fourth-order valence-corrected chi connectivity index (χ4v) is 7.78. The van der Waals surface area contributed by atoms with Gasteiger partial charge in [0, 0.05) is 18.9 Å². The normalized spacial score (nSPS) is 16.0. The van der Waals surface area contributed by atoms with Crippen molar-refractivity contribution in [2.75, 3.05) is 20.3 Å². The molecule has 2 aromatic rings. The summed E-state index contributed by atoms with van der Waals surface area (Å²) >= 11 is 0. The number of carbonyl (C=O) groups excluding carboxylic acids is 13. The molecule has 434 valence electrons. The number of benzene rings is 2. The Morgan fingerprint density at radius 2 is 0.975 bits per heavy atom. The van der Waals surface area contributed by atoms with E-state index in [4.69, 9.17) is 4.74 Å². The van der Waals surface area contributed by atoms with Crippen molar-refractivity contribution in [3.05, 3.63) is 72.3 Å². The molecular weight excluding hydrogens is 1050 g/mol. The van der Waals surface area contributed by atoms with Crippen molar-refractivity contribution in [3.8, 4) is 11.1 Å². The van der Waals surface area contributed by atoms with Crippen LogP contribution < -0.4 is 58.5 Å². The number of nitrogens with one attached hydrogen (secondary N) is 11. The summed E-state index contributed by atoms with van der Waals surface area (Å²) in [7, 11) is 0.952. The molecule has 0 bridgehead atoms. The van der Waals surface area contributed by atoms with Crippen LogP contribution in [0.15, 0.2) is 61.2 Å². The summed E-state index contributed by atoms with van der Waals surface area (Å²) in [4.78, 5) is 181. The summed E-state index contributed by atoms with van der Waals surface area (Å²) in [6, 6.07) is 7.62. The van der Waals surface area contributed by atoms with Crippen molar-refractivity contribution in [1.82, 2.24) is 63.4 Å². The minimum Gasteiger partial charge on any atom is -0.481 e. The van der Waals surface area contributed by atoms with Crippen LogP contribution in [0, 0.1) is 0 Å². The van der Waals surface area contributed by atoms with Crippen LogP contribution in [-0.4, -0.2) is 189 Å². The number of carbonyl (C=O) groups is 14. The van der Waals surface area contributed by atoms with Crippen LogP contribution in [0.25, 0.3) is 11.1 Å². The van der Waals surface area contributed by atoms with E-state index in [1.54, 1.807) is 0 Å². The second kappa shape index (κ2) is 33.1. The largest absolute Gasteiger partial charge is 0.481 e. The van der Waals surface area contributed by atoms with Crippen LogP contribution in [0.1, 0.15) is 64.5 Å². The van der Waals surface area contributed by atoms with E-state index >= 15 is 0 Å². The zero-order chi connectivity index (χ0) is 59.6. The van der Waals surface area contributed by atoms with Crippen molar-refractivity contribution in [3.63, 3.8) is 0 Å². The van der Waals surface area contributed by atoms with Gasteiger partial charge in [0.15, 0.2) is 37.0 Å². The second-order valence-electron chi connectivity index (χ2n) is 18.2. The summed E-state index contributed by atoms with van der Waals surface area (Å²) in [5, 5.41) is 35.7. The van der Waals surface area contributed by atoms with Gasteiger partial charge in [0.1, 0.15) is 44.3 Å². The minimum atomic E-state index is -2.08. The molecule has 0 radical (unpaired) electrons. The molecule has 29 heteroatoms. The smallest absolute Gasteiger partial charge is 0.408 e. The van der Waals surface area contributed by atoms with E-state index < -0.39 is 146 Å². The average Bonchev–Trinajstić information content (AvgIpc) is 3.80. The standard InChI is InChI=1S/C51H68N12O17/c1-8-19-63(49(76)42(54-29(4)22-66)62-51(78)80-26-37-35-15-11-9-13-33(35)34-14-10-12-16-36(34)37)44(56-31(6)24-68)48(75)60-40(53-28(3)21-65)46(73)58-39(52-27(2)20-64)45(72)59-41(57-32(25-69)17-18-38(70)71)47(74)61-43(50(77)79-7)55-30(5)23-67/h8-16,20-25,27-32,37,39-44,52-57H,1,17-19,26H2,2-7H3,(H,58,73)(H,59,72)(H,60,75)(H,61,74)(H,62,78)(H,70,71)/t27-,28-,29-,30-,31-,32+,39-,40+,41+,42-,43-,44-/m0/s1. The number of fused-ring (bicyclic) bond motifs is 3. The average molecular weight is 1120 g/mol. The van der Waals surface area contributed by atoms with Gasteiger partial charge in [-0.3, -0.25) is 66.0 Å². The van der Waals surface area contributed by atoms with Gasteiger partial charge in [0.25, 0.3) is 29.5 Å². The van der Waals surface area contributed by atoms with E-state index in [-0.39, 0.29) is 12.9 Å². The third-order valence-corrected chi connectivity index (χ3v) is 11.8. The van der Waals surface area contributed by atoms with Gasteiger partial charge >= 0.3 is 18.0 Å². The molecule has 12 N–H and O–H groups in total. The Labute approximate surface area is 459 Å². The van der Waals surface area contributed by atoms with Gasteiger partial charge in [-0.05, 0) is 63.3 Å². The number of carboxylic acid groups (broad SMARTS) is 1. The van der Waals surface area contributed by atoms with E-state index in [1.807, 2.05) is 48.5 Å². The highest BCUT2D eigenvalue weighted by atomic mass is 16.5. The lowest BCUT2D eigenvalue weighted by Gasteiger charge is -2.36. The molecular formula is C51H68N12O17. The summed E-state index contributed by atoms with van der Waals surface area (Å²) in [6.07, 6.45) is -10.8. The first-order valence-electron chi connectivity index (χ1n) is 24.9. The molecule has 1 aliphatic rings. The summed E-state index contributed by atoms with van der Waals surface area (Å²) in [6.45, 7) is 9.41. The fraction of sp³-hybridized carbons (Fsp3) is 0.451. The Morgan fingerprint density at radius 3 is 1.41 bits per heavy atom. The number of rotatable bonds is 37. The Kier molecular flexibility index (Phi) is 27.2. The Hall–Kier alpha value is -8.48. The third-order valence-electron chi connectivity index (χ3n) is 11.8. The Bertz CT molecular complexity index is 2530. The van der Waals surface area contributed by atoms with Crippen molar-refractivity contribution >= 4 is 85.3 Å². The molecule has 0 saturated carbocycles. The lowest BCUT2D eigenvalue weighted by atomic mass is 9.98. The molecule has 3 rings (SSSR count). The predicted molar refractivity (Wildman–Crippen MR) is 281 cm³/mol. The highest BCUT2D eigenvalue weighted by molar-refractivity contribution is 5.97. The fourth-order valence-electron chi connectivity index (χ4n) is 7.78. The maximum Gasteiger partial charge on any atom is 0.408 e. The van der Waals surface area contributed by atoms with Crippen LogP contribution in [0.5, 0.6) is 0 Å². The number of methoxy groups -OCH3 is 1. The van der Waals surface area contributed by atoms with Crippen LogP contribution in [-0.2, 0) is 71.8 Å². The van der Waals surface area contributed by atoms with E-state index in [0.717, 1.165) is 34.3 Å². The SMILES string of the molecule is C=CCN(C(=O)[C@H](NC(=O)OCC1c2ccccc2-c2ccccc21)N[C@@H](C)C=O)[C@H](N[C@@H](C)C=O)C(=O)N[C@@H](N[C@@H](C)C=O)C(=O)N[C@H](N[C@@H](C)C=O)C(=O)N[C@@H](N[C@@H](C=O)CCC(=O)O)C(=O)N[C@H](N[C@@H](C)C=O)C(=O)OC. The number of carboxylic acids is 1. The van der Waals surface area contributed by atoms with Gasteiger partial charge in [-0.25, -0.2) is 9.59 Å². The number of aliphatic carboxylic acids is 1. The number of alkyl carbamates (subject to hydrolysis) is 1. The second-order valence-corrected chi connectivity index (χ2v) is 18.2. The lowest BCUT2D eigenvalue weighted by molar-refractivity contribution is -0.147. The van der Waals surface area contributed by atoms with Gasteiger partial charge in [-0.2, -0.15) is 0 Å². The summed E-state index contributed by atoms with van der Waals surface area (Å²) < 4.78 is 10.3. The summed E-state index contributed by atoms with van der Waals surface area (Å²) in [5.74, 6) is -9.28. The molecule has 80 heavy (non-hydrogen) atoms. The van der Waals surface area contributed by atoms with E-state index in [9.17, 15) is 72.2 Å². The van der Waals surface area contributed by atoms with Gasteiger partial charge in [0.05, 0.1) is 43.4 Å². The van der Waals surface area contributed by atoms with Crippen LogP contribution in [0.4, 0.5) is 4.79 Å². The monoisotopic (exact) mass is 1120 g/mol. The lowest BCUT2D eigenvalue weighted by Crippen LogP contribution is -2.70. The Balaban J connectivity index is 2.01. The van der Waals surface area contributed by atoms with Crippen molar-refractivity contribution in [2.24, 2.45) is 0 Å². The first-order chi connectivity index (χ1) is 38.1. The molecule has 12 atom stereocenters. The number of hydrogen-bond acceptors (Lipinski definition) is 22. The van der Waals surface area contributed by atoms with Crippen LogP contribution in [0.2, 0.25) is 0 Å². The molecule has 0 aliphatic heterocycles. The molecule has 2 aromatic carbocycles. The van der Waals surface area contributed by atoms with Crippen molar-refractivity contribution in [1.29, 1.82) is 0 Å². The molecule has 0 spiro atoms. The molecule has 0 fully saturated rings. The Morgan fingerprint density at radius 1 is 0.562 bits per heavy atom. The molecule has 0 aromatic heterocycles. The number of ether oxygens (including phenoxy) is 2. The molecule has 0 unspecified atom stereocenters. The van der Waals surface area contributed by atoms with Crippen LogP contribution >= 0.6 is 0 Å². The summed E-state index contributed by atoms with van der Waals surface area (Å²) in [5.41, 5.74) is 3.64. The maximum absolute atomic E-state index is 14.7. The minimum absolute atomic E-state index is 0.189. The molecule has 1 aliphatic carbocycles. The van der Waals surface area contributed by atoms with Gasteiger partial charge in [-0.1, -0.05) is 54.6 Å². The third kappa shape index (κ3) is 19.8. The molecule has 6 amide bonds. The topological polar surface area (TPSA) is 413 Å². The predicted octanol–water partition coefficient (Wildman–Crippen LogP) is -3.96. The van der Waals surface area contributed by atoms with Crippen LogP contribution in [0.3, 0.4) is 0 Å². The quantitative estimate of drug-likeness (QED) is 0.0133. The highest BCUT2D eigenvalue weighted by Crippen LogP contribution is 2.44. The first kappa shape index (κ1) is 65.8. The zero-order valence-corrected chi connectivity index (χ0v) is 44.6. The van der Waals surface area contributed by atoms with Gasteiger partial charge in [0.2, 0.25) is 0 Å². The number of amides is 6. The van der Waals surface area contributed by atoms with Crippen molar-refractivity contribution in [2.45, 2.75) is 127 Å². The number of aldehydes is 6. The molecule has 29 nitrogen and oxygen atoms in total. The zero-order valence-electron chi connectivity index (χ0n) is 44.6. The molecule has 0 heterocycles. The number of esters is 1. The first-order valence-corrected chi connectivity index (χ1v) is 24.9. The van der Waals surface area contributed by atoms with E-state index in [1.165, 1.54) is 40.7 Å². The van der Waals surface area contributed by atoms with Gasteiger partial charge < -0.3 is 69.5 Å².